The third-order valence-corrected chi connectivity index (χ3v) is 5.98. The summed E-state index contributed by atoms with van der Waals surface area (Å²) in [7, 11) is 0. The van der Waals surface area contributed by atoms with Crippen molar-refractivity contribution in [3.63, 3.8) is 0 Å². The lowest BCUT2D eigenvalue weighted by atomic mass is 10.1. The SMILES string of the molecule is CC(C)(C)OC(=O)N1CCc2nc(O[C@@H]3CCN(C4CCCC4)C3)ccc2C1. The number of carbonyl (C=O) groups excluding carboxylic acids is 1. The average molecular weight is 388 g/mol. The molecule has 28 heavy (non-hydrogen) atoms. The van der Waals surface area contributed by atoms with Crippen molar-refractivity contribution >= 4 is 6.09 Å². The monoisotopic (exact) mass is 387 g/mol. The lowest BCUT2D eigenvalue weighted by Crippen LogP contribution is -2.40. The largest absolute Gasteiger partial charge is 0.473 e. The van der Waals surface area contributed by atoms with Gasteiger partial charge in [-0.1, -0.05) is 18.9 Å². The second-order valence-corrected chi connectivity index (χ2v) is 9.37. The number of aromatic nitrogens is 1. The fourth-order valence-electron chi connectivity index (χ4n) is 4.57. The van der Waals surface area contributed by atoms with Crippen molar-refractivity contribution in [2.24, 2.45) is 0 Å². The van der Waals surface area contributed by atoms with Crippen LogP contribution in [-0.2, 0) is 17.7 Å². The topological polar surface area (TPSA) is 54.9 Å². The van der Waals surface area contributed by atoms with Crippen molar-refractivity contribution in [2.45, 2.75) is 83.6 Å². The molecule has 1 saturated heterocycles. The van der Waals surface area contributed by atoms with Gasteiger partial charge < -0.3 is 14.4 Å². The maximum atomic E-state index is 12.3. The van der Waals surface area contributed by atoms with Gasteiger partial charge in [0, 0.05) is 38.2 Å². The zero-order valence-corrected chi connectivity index (χ0v) is 17.4. The molecule has 4 rings (SSSR count). The molecule has 6 heteroatoms. The van der Waals surface area contributed by atoms with Gasteiger partial charge in [-0.3, -0.25) is 4.90 Å². The van der Waals surface area contributed by atoms with Gasteiger partial charge in [-0.2, -0.15) is 0 Å². The number of pyridine rings is 1. The summed E-state index contributed by atoms with van der Waals surface area (Å²) in [5.74, 6) is 0.725. The van der Waals surface area contributed by atoms with E-state index >= 15 is 0 Å². The number of rotatable bonds is 3. The van der Waals surface area contributed by atoms with Crippen LogP contribution in [-0.4, -0.2) is 58.3 Å². The van der Waals surface area contributed by atoms with E-state index in [-0.39, 0.29) is 12.2 Å². The maximum absolute atomic E-state index is 12.3. The van der Waals surface area contributed by atoms with Crippen molar-refractivity contribution in [3.05, 3.63) is 23.4 Å². The highest BCUT2D eigenvalue weighted by Crippen LogP contribution is 2.28. The van der Waals surface area contributed by atoms with Gasteiger partial charge in [0.25, 0.3) is 0 Å². The molecule has 1 aromatic rings. The zero-order valence-electron chi connectivity index (χ0n) is 17.4. The predicted molar refractivity (Wildman–Crippen MR) is 107 cm³/mol. The van der Waals surface area contributed by atoms with Crippen LogP contribution in [0.15, 0.2) is 12.1 Å². The van der Waals surface area contributed by atoms with Gasteiger partial charge in [0.15, 0.2) is 0 Å². The Morgan fingerprint density at radius 1 is 1.14 bits per heavy atom. The van der Waals surface area contributed by atoms with Gasteiger partial charge in [0.05, 0.1) is 12.2 Å². The summed E-state index contributed by atoms with van der Waals surface area (Å²) in [5, 5.41) is 0. The average Bonchev–Trinajstić information content (AvgIpc) is 3.31. The second kappa shape index (κ2) is 7.90. The van der Waals surface area contributed by atoms with Crippen LogP contribution < -0.4 is 4.74 Å². The summed E-state index contributed by atoms with van der Waals surface area (Å²) < 4.78 is 11.7. The van der Waals surface area contributed by atoms with E-state index in [2.05, 4.69) is 11.0 Å². The van der Waals surface area contributed by atoms with Crippen LogP contribution in [0.3, 0.4) is 0 Å². The van der Waals surface area contributed by atoms with Gasteiger partial charge in [0.2, 0.25) is 5.88 Å². The van der Waals surface area contributed by atoms with Crippen LogP contribution in [0.4, 0.5) is 4.79 Å². The highest BCUT2D eigenvalue weighted by molar-refractivity contribution is 5.68. The fraction of sp³-hybridized carbons (Fsp3) is 0.727. The van der Waals surface area contributed by atoms with E-state index in [1.54, 1.807) is 4.90 Å². The quantitative estimate of drug-likeness (QED) is 0.790. The molecule has 0 spiro atoms. The van der Waals surface area contributed by atoms with Crippen LogP contribution in [0.5, 0.6) is 5.88 Å². The molecular formula is C22H33N3O3. The second-order valence-electron chi connectivity index (χ2n) is 9.37. The summed E-state index contributed by atoms with van der Waals surface area (Å²) in [6.45, 7) is 9.04. The molecule has 154 valence electrons. The van der Waals surface area contributed by atoms with E-state index in [9.17, 15) is 4.79 Å². The molecular weight excluding hydrogens is 354 g/mol. The molecule has 1 saturated carbocycles. The summed E-state index contributed by atoms with van der Waals surface area (Å²) >= 11 is 0. The van der Waals surface area contributed by atoms with E-state index in [4.69, 9.17) is 14.5 Å². The minimum atomic E-state index is -0.471. The summed E-state index contributed by atoms with van der Waals surface area (Å²) in [6, 6.07) is 4.78. The van der Waals surface area contributed by atoms with Crippen molar-refractivity contribution in [3.8, 4) is 5.88 Å². The number of carbonyl (C=O) groups is 1. The van der Waals surface area contributed by atoms with Crippen molar-refractivity contribution in [1.82, 2.24) is 14.8 Å². The van der Waals surface area contributed by atoms with E-state index < -0.39 is 5.60 Å². The van der Waals surface area contributed by atoms with Gasteiger partial charge in [-0.15, -0.1) is 0 Å². The Morgan fingerprint density at radius 3 is 2.68 bits per heavy atom. The van der Waals surface area contributed by atoms with Crippen LogP contribution in [0, 0.1) is 0 Å². The molecule has 0 aromatic carbocycles. The van der Waals surface area contributed by atoms with Gasteiger partial charge in [-0.25, -0.2) is 9.78 Å². The van der Waals surface area contributed by atoms with E-state index in [1.807, 2.05) is 26.8 Å². The summed E-state index contributed by atoms with van der Waals surface area (Å²) in [5.41, 5.74) is 1.66. The Balaban J connectivity index is 1.33. The number of amides is 1. The molecule has 3 aliphatic rings. The Kier molecular flexibility index (Phi) is 5.50. The summed E-state index contributed by atoms with van der Waals surface area (Å²) in [4.78, 5) is 21.4. The number of hydrogen-bond donors (Lipinski definition) is 0. The Morgan fingerprint density at radius 2 is 1.93 bits per heavy atom. The lowest BCUT2D eigenvalue weighted by molar-refractivity contribution is 0.0222. The molecule has 2 fully saturated rings. The standard InChI is InChI=1S/C22H33N3O3/c1-22(2,3)28-21(26)25-13-11-19-16(14-25)8-9-20(23-19)27-18-10-12-24(15-18)17-6-4-5-7-17/h8-9,17-18H,4-7,10-15H2,1-3H3/t18-/m1/s1. The number of ether oxygens (including phenoxy) is 2. The molecule has 0 bridgehead atoms. The Hall–Kier alpha value is -1.82. The molecule has 0 radical (unpaired) electrons. The molecule has 1 atom stereocenters. The summed E-state index contributed by atoms with van der Waals surface area (Å²) in [6.07, 6.45) is 7.26. The first kappa shape index (κ1) is 19.5. The van der Waals surface area contributed by atoms with E-state index in [1.165, 1.54) is 25.7 Å². The fourth-order valence-corrected chi connectivity index (χ4v) is 4.57. The number of hydrogen-bond acceptors (Lipinski definition) is 5. The van der Waals surface area contributed by atoms with Gasteiger partial charge in [-0.05, 0) is 45.6 Å². The molecule has 6 nitrogen and oxygen atoms in total. The highest BCUT2D eigenvalue weighted by Gasteiger charge is 2.31. The number of likely N-dealkylation sites (tertiary alicyclic amines) is 1. The molecule has 2 aliphatic heterocycles. The van der Waals surface area contributed by atoms with Crippen LogP contribution >= 0.6 is 0 Å². The van der Waals surface area contributed by atoms with Crippen molar-refractivity contribution in [2.75, 3.05) is 19.6 Å². The molecule has 3 heterocycles. The molecule has 0 unspecified atom stereocenters. The van der Waals surface area contributed by atoms with E-state index in [0.29, 0.717) is 13.1 Å². The Bertz CT molecular complexity index is 709. The smallest absolute Gasteiger partial charge is 0.410 e. The first-order valence-corrected chi connectivity index (χ1v) is 10.7. The van der Waals surface area contributed by atoms with Crippen LogP contribution in [0.1, 0.15) is 64.1 Å². The lowest BCUT2D eigenvalue weighted by Gasteiger charge is -2.31. The normalized spacial score (nSPS) is 23.7. The van der Waals surface area contributed by atoms with Crippen LogP contribution in [0.25, 0.3) is 0 Å². The zero-order chi connectivity index (χ0) is 19.7. The molecule has 1 amide bonds. The Labute approximate surface area is 168 Å². The number of fused-ring (bicyclic) bond motifs is 1. The highest BCUT2D eigenvalue weighted by atomic mass is 16.6. The first-order valence-electron chi connectivity index (χ1n) is 10.7. The minimum absolute atomic E-state index is 0.244. The van der Waals surface area contributed by atoms with Gasteiger partial charge >= 0.3 is 6.09 Å². The third kappa shape index (κ3) is 4.59. The van der Waals surface area contributed by atoms with Gasteiger partial charge in [0.1, 0.15) is 11.7 Å². The molecule has 1 aromatic heterocycles. The molecule has 1 aliphatic carbocycles. The third-order valence-electron chi connectivity index (χ3n) is 5.98. The van der Waals surface area contributed by atoms with Crippen molar-refractivity contribution in [1.29, 1.82) is 0 Å². The first-order chi connectivity index (χ1) is 13.4. The predicted octanol–water partition coefficient (Wildman–Crippen LogP) is 3.77. The van der Waals surface area contributed by atoms with Crippen molar-refractivity contribution < 1.29 is 14.3 Å². The number of nitrogens with zero attached hydrogens (tertiary/aromatic N) is 3. The molecule has 0 N–H and O–H groups in total. The van der Waals surface area contributed by atoms with E-state index in [0.717, 1.165) is 49.1 Å². The maximum Gasteiger partial charge on any atom is 0.410 e. The minimum Gasteiger partial charge on any atom is -0.473 e. The van der Waals surface area contributed by atoms with Crippen LogP contribution in [0.2, 0.25) is 0 Å².